The Balaban J connectivity index is 2.40. The number of rotatable bonds is 2. The van der Waals surface area contributed by atoms with E-state index < -0.39 is 11.7 Å². The molecule has 0 saturated heterocycles. The highest BCUT2D eigenvalue weighted by Crippen LogP contribution is 2.34. The van der Waals surface area contributed by atoms with Crippen molar-refractivity contribution in [2.75, 3.05) is 0 Å². The molecule has 20 heavy (non-hydrogen) atoms. The van der Waals surface area contributed by atoms with Crippen molar-refractivity contribution in [1.29, 1.82) is 0 Å². The van der Waals surface area contributed by atoms with Crippen LogP contribution in [0.1, 0.15) is 16.7 Å². The van der Waals surface area contributed by atoms with E-state index in [1.807, 2.05) is 6.07 Å². The Morgan fingerprint density at radius 3 is 2.30 bits per heavy atom. The number of nitrogens with two attached hydrogens (primary N) is 1. The molecule has 0 spiro atoms. The average molecular weight is 278 g/mol. The van der Waals surface area contributed by atoms with Crippen LogP contribution in [0.5, 0.6) is 0 Å². The van der Waals surface area contributed by atoms with Gasteiger partial charge in [0, 0.05) is 5.56 Å². The molecule has 0 unspecified atom stereocenters. The number of hydrogen-bond acceptors (Lipinski definition) is 1. The van der Waals surface area contributed by atoms with Gasteiger partial charge < -0.3 is 5.73 Å². The second-order valence-electron chi connectivity index (χ2n) is 4.36. The maximum Gasteiger partial charge on any atom is 0.416 e. The van der Waals surface area contributed by atoms with Gasteiger partial charge in [0.25, 0.3) is 0 Å². The summed E-state index contributed by atoms with van der Waals surface area (Å²) in [6.07, 6.45) is -4.39. The molecule has 2 nitrogen and oxygen atoms in total. The molecule has 0 amide bonds. The molecule has 0 aliphatic heterocycles. The van der Waals surface area contributed by atoms with Crippen LogP contribution in [0.4, 0.5) is 18.9 Å². The molecule has 0 bridgehead atoms. The summed E-state index contributed by atoms with van der Waals surface area (Å²) in [6, 6.07) is 12.8. The van der Waals surface area contributed by atoms with Crippen molar-refractivity contribution >= 4 is 11.5 Å². The van der Waals surface area contributed by atoms with Crippen LogP contribution >= 0.6 is 0 Å². The van der Waals surface area contributed by atoms with E-state index in [1.54, 1.807) is 24.3 Å². The second kappa shape index (κ2) is 5.36. The van der Waals surface area contributed by atoms with E-state index in [0.29, 0.717) is 5.56 Å². The lowest BCUT2D eigenvalue weighted by Gasteiger charge is -2.10. The first kappa shape index (κ1) is 14.1. The van der Waals surface area contributed by atoms with Crippen molar-refractivity contribution in [3.8, 4) is 0 Å². The van der Waals surface area contributed by atoms with Crippen molar-refractivity contribution in [3.05, 3.63) is 65.2 Å². The number of amidine groups is 1. The van der Waals surface area contributed by atoms with Crippen LogP contribution in [0, 0.1) is 6.92 Å². The Kier molecular flexibility index (Phi) is 3.79. The largest absolute Gasteiger partial charge is 0.416 e. The van der Waals surface area contributed by atoms with E-state index in [9.17, 15) is 13.2 Å². The number of hydrogen-bond donors (Lipinski definition) is 1. The molecule has 2 aromatic carbocycles. The molecular weight excluding hydrogens is 265 g/mol. The molecule has 0 atom stereocenters. The van der Waals surface area contributed by atoms with Crippen molar-refractivity contribution in [3.63, 3.8) is 0 Å². The first-order valence-electron chi connectivity index (χ1n) is 5.95. The Labute approximate surface area is 114 Å². The molecule has 0 saturated carbocycles. The molecule has 104 valence electrons. The topological polar surface area (TPSA) is 38.4 Å². The summed E-state index contributed by atoms with van der Waals surface area (Å²) < 4.78 is 38.4. The molecule has 0 aliphatic carbocycles. The van der Waals surface area contributed by atoms with Gasteiger partial charge in [0.05, 0.1) is 11.3 Å². The maximum absolute atomic E-state index is 12.8. The lowest BCUT2D eigenvalue weighted by atomic mass is 10.1. The zero-order chi connectivity index (χ0) is 14.8. The summed E-state index contributed by atoms with van der Waals surface area (Å²) in [5.74, 6) is 0.183. The Morgan fingerprint density at radius 1 is 1.05 bits per heavy atom. The average Bonchev–Trinajstić information content (AvgIpc) is 2.40. The summed E-state index contributed by atoms with van der Waals surface area (Å²) in [5, 5.41) is 0. The van der Waals surface area contributed by atoms with E-state index in [-0.39, 0.29) is 17.1 Å². The standard InChI is InChI=1S/C15H13F3N2/c1-10-7-8-12(9-13(10)15(16,17)18)20-14(19)11-5-3-2-4-6-11/h2-9H,1H3,(H2,19,20). The van der Waals surface area contributed by atoms with Crippen LogP contribution in [-0.2, 0) is 6.18 Å². The van der Waals surface area contributed by atoms with Gasteiger partial charge >= 0.3 is 6.18 Å². The van der Waals surface area contributed by atoms with Gasteiger partial charge in [0.2, 0.25) is 0 Å². The van der Waals surface area contributed by atoms with Crippen LogP contribution in [0.25, 0.3) is 0 Å². The number of aliphatic imine (C=N–C) groups is 1. The highest BCUT2D eigenvalue weighted by atomic mass is 19.4. The summed E-state index contributed by atoms with van der Waals surface area (Å²) in [4.78, 5) is 4.04. The summed E-state index contributed by atoms with van der Waals surface area (Å²) in [7, 11) is 0. The fourth-order valence-electron chi connectivity index (χ4n) is 1.80. The summed E-state index contributed by atoms with van der Waals surface area (Å²) in [6.45, 7) is 1.41. The maximum atomic E-state index is 12.8. The van der Waals surface area contributed by atoms with Crippen molar-refractivity contribution in [2.24, 2.45) is 10.7 Å². The van der Waals surface area contributed by atoms with Gasteiger partial charge in [-0.05, 0) is 24.6 Å². The van der Waals surface area contributed by atoms with Gasteiger partial charge in [-0.25, -0.2) is 4.99 Å². The number of alkyl halides is 3. The van der Waals surface area contributed by atoms with Gasteiger partial charge in [0.15, 0.2) is 0 Å². The fourth-order valence-corrected chi connectivity index (χ4v) is 1.80. The smallest absolute Gasteiger partial charge is 0.383 e. The second-order valence-corrected chi connectivity index (χ2v) is 4.36. The molecular formula is C15H13F3N2. The first-order chi connectivity index (χ1) is 9.38. The molecule has 0 aromatic heterocycles. The molecule has 0 aliphatic rings. The molecule has 2 rings (SSSR count). The molecule has 2 N–H and O–H groups in total. The van der Waals surface area contributed by atoms with Crippen LogP contribution < -0.4 is 5.73 Å². The van der Waals surface area contributed by atoms with Crippen molar-refractivity contribution in [2.45, 2.75) is 13.1 Å². The lowest BCUT2D eigenvalue weighted by Crippen LogP contribution is -2.12. The SMILES string of the molecule is Cc1ccc(N=C(N)c2ccccc2)cc1C(F)(F)F. The fraction of sp³-hybridized carbons (Fsp3) is 0.133. The van der Waals surface area contributed by atoms with E-state index in [1.165, 1.54) is 19.1 Å². The first-order valence-corrected chi connectivity index (χ1v) is 5.95. The predicted molar refractivity (Wildman–Crippen MR) is 73.0 cm³/mol. The van der Waals surface area contributed by atoms with Crippen molar-refractivity contribution in [1.82, 2.24) is 0 Å². The molecule has 0 radical (unpaired) electrons. The normalized spacial score (nSPS) is 12.5. The predicted octanol–water partition coefficient (Wildman–Crippen LogP) is 4.05. The van der Waals surface area contributed by atoms with Gasteiger partial charge in [-0.3, -0.25) is 0 Å². The molecule has 2 aromatic rings. The van der Waals surface area contributed by atoms with Gasteiger partial charge in [-0.1, -0.05) is 36.4 Å². The van der Waals surface area contributed by atoms with Crippen LogP contribution in [-0.4, -0.2) is 5.84 Å². The lowest BCUT2D eigenvalue weighted by molar-refractivity contribution is -0.138. The van der Waals surface area contributed by atoms with E-state index >= 15 is 0 Å². The third kappa shape index (κ3) is 3.17. The number of halogens is 3. The highest BCUT2D eigenvalue weighted by Gasteiger charge is 2.32. The Bertz CT molecular complexity index is 631. The quantitative estimate of drug-likeness (QED) is 0.653. The number of nitrogens with zero attached hydrogens (tertiary/aromatic N) is 1. The molecule has 0 fully saturated rings. The third-order valence-corrected chi connectivity index (χ3v) is 2.85. The van der Waals surface area contributed by atoms with Gasteiger partial charge in [0.1, 0.15) is 5.84 Å². The van der Waals surface area contributed by atoms with E-state index in [4.69, 9.17) is 5.73 Å². The molecule has 5 heteroatoms. The minimum Gasteiger partial charge on any atom is -0.383 e. The van der Waals surface area contributed by atoms with E-state index in [2.05, 4.69) is 4.99 Å². The number of aryl methyl sites for hydroxylation is 1. The van der Waals surface area contributed by atoms with Gasteiger partial charge in [-0.2, -0.15) is 13.2 Å². The third-order valence-electron chi connectivity index (χ3n) is 2.85. The summed E-state index contributed by atoms with van der Waals surface area (Å²) >= 11 is 0. The van der Waals surface area contributed by atoms with Gasteiger partial charge in [-0.15, -0.1) is 0 Å². The zero-order valence-electron chi connectivity index (χ0n) is 10.8. The van der Waals surface area contributed by atoms with E-state index in [0.717, 1.165) is 6.07 Å². The number of benzene rings is 2. The minimum atomic E-state index is -4.39. The van der Waals surface area contributed by atoms with Crippen LogP contribution in [0.3, 0.4) is 0 Å². The summed E-state index contributed by atoms with van der Waals surface area (Å²) in [5.41, 5.74) is 6.11. The van der Waals surface area contributed by atoms with Crippen LogP contribution in [0.15, 0.2) is 53.5 Å². The van der Waals surface area contributed by atoms with Crippen LogP contribution in [0.2, 0.25) is 0 Å². The monoisotopic (exact) mass is 278 g/mol. The van der Waals surface area contributed by atoms with Crippen molar-refractivity contribution < 1.29 is 13.2 Å². The highest BCUT2D eigenvalue weighted by molar-refractivity contribution is 5.99. The Morgan fingerprint density at radius 2 is 1.70 bits per heavy atom. The zero-order valence-corrected chi connectivity index (χ0v) is 10.8. The minimum absolute atomic E-state index is 0.162. The molecule has 0 heterocycles. The Hall–Kier alpha value is -2.30.